The summed E-state index contributed by atoms with van der Waals surface area (Å²) in [5.74, 6) is 0. The van der Waals surface area contributed by atoms with Crippen molar-refractivity contribution < 1.29 is 18.0 Å². The Morgan fingerprint density at radius 2 is 1.52 bits per heavy atom. The van der Waals surface area contributed by atoms with E-state index < -0.39 is 12.8 Å². The average molecular weight is 295 g/mol. The molecular weight excluding hydrogens is 279 g/mol. The Hall–Kier alpha value is -1.85. The molecule has 112 valence electrons. The van der Waals surface area contributed by atoms with Crippen molar-refractivity contribution in [1.82, 2.24) is 5.48 Å². The maximum absolute atomic E-state index is 12.0. The van der Waals surface area contributed by atoms with E-state index in [2.05, 4.69) is 10.3 Å². The Labute approximate surface area is 121 Å². The summed E-state index contributed by atoms with van der Waals surface area (Å²) in [5.41, 5.74) is 5.41. The molecule has 2 rings (SSSR count). The molecule has 5 heteroatoms. The van der Waals surface area contributed by atoms with Gasteiger partial charge in [-0.15, -0.1) is 0 Å². The van der Waals surface area contributed by atoms with Crippen LogP contribution in [0.3, 0.4) is 0 Å². The lowest BCUT2D eigenvalue weighted by Gasteiger charge is -2.15. The number of rotatable bonds is 5. The van der Waals surface area contributed by atoms with Gasteiger partial charge < -0.3 is 0 Å². The maximum Gasteiger partial charge on any atom is 0.413 e. The van der Waals surface area contributed by atoms with E-state index in [1.54, 1.807) is 6.92 Å². The predicted molar refractivity (Wildman–Crippen MR) is 75.4 cm³/mol. The number of benzene rings is 2. The summed E-state index contributed by atoms with van der Waals surface area (Å²) >= 11 is 0. The second-order valence-electron chi connectivity index (χ2n) is 4.73. The van der Waals surface area contributed by atoms with Crippen molar-refractivity contribution in [3.8, 4) is 11.1 Å². The molecule has 0 saturated carbocycles. The first-order valence-electron chi connectivity index (χ1n) is 6.55. The highest BCUT2D eigenvalue weighted by molar-refractivity contribution is 5.63. The van der Waals surface area contributed by atoms with Gasteiger partial charge in [0.2, 0.25) is 0 Å². The molecule has 0 radical (unpaired) electrons. The van der Waals surface area contributed by atoms with E-state index in [0.717, 1.165) is 16.7 Å². The lowest BCUT2D eigenvalue weighted by Crippen LogP contribution is -2.26. The topological polar surface area (TPSA) is 21.3 Å². The fourth-order valence-electron chi connectivity index (χ4n) is 1.91. The summed E-state index contributed by atoms with van der Waals surface area (Å²) in [5, 5.41) is 0. The fourth-order valence-corrected chi connectivity index (χ4v) is 1.91. The van der Waals surface area contributed by atoms with Crippen LogP contribution in [0, 0.1) is 0 Å². The largest absolute Gasteiger partial charge is 0.413 e. The van der Waals surface area contributed by atoms with Gasteiger partial charge in [0.05, 0.1) is 6.04 Å². The Morgan fingerprint density at radius 3 is 2.10 bits per heavy atom. The van der Waals surface area contributed by atoms with Gasteiger partial charge in [0.1, 0.15) is 0 Å². The van der Waals surface area contributed by atoms with Crippen LogP contribution < -0.4 is 5.48 Å². The lowest BCUT2D eigenvalue weighted by atomic mass is 10.0. The first-order chi connectivity index (χ1) is 9.96. The highest BCUT2D eigenvalue weighted by Crippen LogP contribution is 2.22. The number of alkyl halides is 3. The van der Waals surface area contributed by atoms with E-state index >= 15 is 0 Å². The van der Waals surface area contributed by atoms with Crippen LogP contribution >= 0.6 is 0 Å². The third kappa shape index (κ3) is 4.88. The molecule has 0 aromatic heterocycles. The minimum absolute atomic E-state index is 0.322. The summed E-state index contributed by atoms with van der Waals surface area (Å²) in [7, 11) is 0. The number of hydrogen-bond acceptors (Lipinski definition) is 2. The number of nitrogens with one attached hydrogen (secondary N) is 1. The molecule has 21 heavy (non-hydrogen) atoms. The summed E-state index contributed by atoms with van der Waals surface area (Å²) in [6, 6.07) is 17.2. The van der Waals surface area contributed by atoms with Crippen LogP contribution in [0.25, 0.3) is 11.1 Å². The molecular formula is C16H16F3NO. The molecule has 1 atom stereocenters. The van der Waals surface area contributed by atoms with Crippen LogP contribution in [-0.2, 0) is 4.84 Å². The van der Waals surface area contributed by atoms with Crippen molar-refractivity contribution in [2.75, 3.05) is 6.61 Å². The molecule has 0 fully saturated rings. The maximum atomic E-state index is 12.0. The molecule has 0 bridgehead atoms. The van der Waals surface area contributed by atoms with Gasteiger partial charge in [0.15, 0.2) is 6.61 Å². The predicted octanol–water partition coefficient (Wildman–Crippen LogP) is 4.50. The highest BCUT2D eigenvalue weighted by Gasteiger charge is 2.28. The standard InChI is InChI=1S/C16H16F3NO/c1-12(20-21-11-16(17,18)19)13-7-9-15(10-8-13)14-5-3-2-4-6-14/h2-10,12,20H,11H2,1H3. The van der Waals surface area contributed by atoms with Gasteiger partial charge >= 0.3 is 6.18 Å². The molecule has 0 aliphatic rings. The molecule has 2 nitrogen and oxygen atoms in total. The third-order valence-corrected chi connectivity index (χ3v) is 3.01. The van der Waals surface area contributed by atoms with Gasteiger partial charge in [-0.3, -0.25) is 4.84 Å². The van der Waals surface area contributed by atoms with Crippen LogP contribution in [0.4, 0.5) is 13.2 Å². The molecule has 2 aromatic rings. The van der Waals surface area contributed by atoms with Crippen molar-refractivity contribution in [2.24, 2.45) is 0 Å². The number of hydroxylamine groups is 1. The Balaban J connectivity index is 1.96. The molecule has 0 aliphatic heterocycles. The molecule has 0 amide bonds. The zero-order valence-corrected chi connectivity index (χ0v) is 11.5. The van der Waals surface area contributed by atoms with Crippen molar-refractivity contribution in [1.29, 1.82) is 0 Å². The van der Waals surface area contributed by atoms with Gasteiger partial charge in [0.25, 0.3) is 0 Å². The second kappa shape index (κ2) is 6.74. The monoisotopic (exact) mass is 295 g/mol. The van der Waals surface area contributed by atoms with Crippen molar-refractivity contribution in [3.05, 3.63) is 60.2 Å². The zero-order chi connectivity index (χ0) is 15.3. The number of halogens is 3. The molecule has 2 aromatic carbocycles. The highest BCUT2D eigenvalue weighted by atomic mass is 19.4. The molecule has 0 aliphatic carbocycles. The Morgan fingerprint density at radius 1 is 0.952 bits per heavy atom. The quantitative estimate of drug-likeness (QED) is 0.820. The van der Waals surface area contributed by atoms with Crippen molar-refractivity contribution >= 4 is 0 Å². The summed E-state index contributed by atoms with van der Waals surface area (Å²) in [6.07, 6.45) is -4.33. The fraction of sp³-hybridized carbons (Fsp3) is 0.250. The summed E-state index contributed by atoms with van der Waals surface area (Å²) < 4.78 is 36.0. The van der Waals surface area contributed by atoms with E-state index in [1.807, 2.05) is 54.6 Å². The molecule has 1 N–H and O–H groups in total. The van der Waals surface area contributed by atoms with Crippen LogP contribution in [0.1, 0.15) is 18.5 Å². The molecule has 1 unspecified atom stereocenters. The third-order valence-electron chi connectivity index (χ3n) is 3.01. The molecule has 0 saturated heterocycles. The molecule has 0 spiro atoms. The normalized spacial score (nSPS) is 13.1. The van der Waals surface area contributed by atoms with Gasteiger partial charge in [0, 0.05) is 0 Å². The minimum Gasteiger partial charge on any atom is -0.292 e. The van der Waals surface area contributed by atoms with Gasteiger partial charge in [-0.1, -0.05) is 54.6 Å². The van der Waals surface area contributed by atoms with Crippen molar-refractivity contribution in [2.45, 2.75) is 19.1 Å². The van der Waals surface area contributed by atoms with Gasteiger partial charge in [-0.25, -0.2) is 0 Å². The van der Waals surface area contributed by atoms with Gasteiger partial charge in [-0.05, 0) is 23.6 Å². The van der Waals surface area contributed by atoms with E-state index in [-0.39, 0.29) is 6.04 Å². The van der Waals surface area contributed by atoms with Crippen LogP contribution in [-0.4, -0.2) is 12.8 Å². The average Bonchev–Trinajstić information content (AvgIpc) is 2.47. The minimum atomic E-state index is -4.33. The van der Waals surface area contributed by atoms with Gasteiger partial charge in [-0.2, -0.15) is 18.7 Å². The van der Waals surface area contributed by atoms with Crippen LogP contribution in [0.15, 0.2) is 54.6 Å². The zero-order valence-electron chi connectivity index (χ0n) is 11.5. The Bertz CT molecular complexity index is 552. The van der Waals surface area contributed by atoms with E-state index in [1.165, 1.54) is 0 Å². The smallest absolute Gasteiger partial charge is 0.292 e. The summed E-state index contributed by atoms with van der Waals surface area (Å²) in [6.45, 7) is 0.438. The van der Waals surface area contributed by atoms with E-state index in [0.29, 0.717) is 0 Å². The van der Waals surface area contributed by atoms with Crippen molar-refractivity contribution in [3.63, 3.8) is 0 Å². The lowest BCUT2D eigenvalue weighted by molar-refractivity contribution is -0.192. The van der Waals surface area contributed by atoms with E-state index in [4.69, 9.17) is 0 Å². The van der Waals surface area contributed by atoms with E-state index in [9.17, 15) is 13.2 Å². The SMILES string of the molecule is CC(NOCC(F)(F)F)c1ccc(-c2ccccc2)cc1. The molecule has 0 heterocycles. The van der Waals surface area contributed by atoms with Crippen LogP contribution in [0.2, 0.25) is 0 Å². The summed E-state index contributed by atoms with van der Waals surface area (Å²) in [4.78, 5) is 4.45. The first-order valence-corrected chi connectivity index (χ1v) is 6.55. The second-order valence-corrected chi connectivity index (χ2v) is 4.73. The van der Waals surface area contributed by atoms with Crippen LogP contribution in [0.5, 0.6) is 0 Å². The number of hydrogen-bond donors (Lipinski definition) is 1. The Kier molecular flexibility index (Phi) is 4.98. The first kappa shape index (κ1) is 15.5.